The van der Waals surface area contributed by atoms with Crippen LogP contribution in [0.5, 0.6) is 0 Å². The molecule has 3 rings (SSSR count). The number of hydrogen-bond donors (Lipinski definition) is 1. The lowest BCUT2D eigenvalue weighted by Gasteiger charge is -2.10. The molecule has 0 aliphatic heterocycles. The van der Waals surface area contributed by atoms with E-state index in [1.807, 2.05) is 23.6 Å². The molecule has 0 saturated carbocycles. The minimum Gasteiger partial charge on any atom is -0.467 e. The van der Waals surface area contributed by atoms with Crippen LogP contribution in [0.25, 0.3) is 5.69 Å². The molecule has 1 amide bonds. The molecule has 2 aromatic heterocycles. The molecule has 0 atom stereocenters. The number of rotatable bonds is 6. The summed E-state index contributed by atoms with van der Waals surface area (Å²) in [6.07, 6.45) is 1.59. The van der Waals surface area contributed by atoms with Crippen molar-refractivity contribution in [3.05, 3.63) is 59.3 Å². The zero-order chi connectivity index (χ0) is 17.8. The van der Waals surface area contributed by atoms with Crippen LogP contribution in [-0.2, 0) is 11.3 Å². The summed E-state index contributed by atoms with van der Waals surface area (Å²) in [4.78, 5) is 12.0. The molecule has 0 spiro atoms. The van der Waals surface area contributed by atoms with Gasteiger partial charge >= 0.3 is 0 Å². The van der Waals surface area contributed by atoms with Gasteiger partial charge in [0, 0.05) is 5.69 Å². The van der Waals surface area contributed by atoms with Gasteiger partial charge in [-0.1, -0.05) is 17.8 Å². The van der Waals surface area contributed by atoms with Crippen LogP contribution in [0.3, 0.4) is 0 Å². The summed E-state index contributed by atoms with van der Waals surface area (Å²) in [6.45, 7) is 6.45. The Morgan fingerprint density at radius 3 is 2.76 bits per heavy atom. The molecule has 25 heavy (non-hydrogen) atoms. The van der Waals surface area contributed by atoms with Gasteiger partial charge in [-0.15, -0.1) is 10.2 Å². The first-order valence-corrected chi connectivity index (χ1v) is 8.94. The average molecular weight is 356 g/mol. The summed E-state index contributed by atoms with van der Waals surface area (Å²) < 4.78 is 7.17. The summed E-state index contributed by atoms with van der Waals surface area (Å²) in [5, 5.41) is 11.9. The van der Waals surface area contributed by atoms with Gasteiger partial charge in [0.05, 0.1) is 18.6 Å². The van der Waals surface area contributed by atoms with Crippen LogP contribution in [0.1, 0.15) is 22.7 Å². The molecule has 3 aromatic rings. The summed E-state index contributed by atoms with van der Waals surface area (Å²) >= 11 is 1.36. The molecule has 130 valence electrons. The maximum absolute atomic E-state index is 12.0. The maximum Gasteiger partial charge on any atom is 0.230 e. The van der Waals surface area contributed by atoms with Gasteiger partial charge in [-0.2, -0.15) is 0 Å². The number of nitrogens with one attached hydrogen (secondary N) is 1. The Hall–Kier alpha value is -2.54. The van der Waals surface area contributed by atoms with E-state index in [1.165, 1.54) is 22.9 Å². The van der Waals surface area contributed by atoms with Crippen molar-refractivity contribution < 1.29 is 9.21 Å². The van der Waals surface area contributed by atoms with E-state index in [0.29, 0.717) is 11.7 Å². The fourth-order valence-electron chi connectivity index (χ4n) is 2.38. The smallest absolute Gasteiger partial charge is 0.230 e. The van der Waals surface area contributed by atoms with E-state index in [-0.39, 0.29) is 11.7 Å². The maximum atomic E-state index is 12.0. The normalized spacial score (nSPS) is 10.8. The first-order chi connectivity index (χ1) is 12.0. The molecule has 0 aliphatic carbocycles. The van der Waals surface area contributed by atoms with E-state index < -0.39 is 0 Å². The first-order valence-electron chi connectivity index (χ1n) is 7.96. The Morgan fingerprint density at radius 2 is 2.04 bits per heavy atom. The second-order valence-corrected chi connectivity index (χ2v) is 6.72. The first kappa shape index (κ1) is 17.3. The van der Waals surface area contributed by atoms with Crippen LogP contribution in [0.2, 0.25) is 0 Å². The summed E-state index contributed by atoms with van der Waals surface area (Å²) in [5.74, 6) is 1.71. The lowest BCUT2D eigenvalue weighted by molar-refractivity contribution is -0.118. The van der Waals surface area contributed by atoms with Gasteiger partial charge in [0.2, 0.25) is 5.91 Å². The highest BCUT2D eigenvalue weighted by atomic mass is 32.2. The van der Waals surface area contributed by atoms with Crippen molar-refractivity contribution in [2.45, 2.75) is 32.5 Å². The predicted octanol–water partition coefficient (Wildman–Crippen LogP) is 3.19. The fourth-order valence-corrected chi connectivity index (χ4v) is 3.21. The monoisotopic (exact) mass is 356 g/mol. The van der Waals surface area contributed by atoms with Crippen molar-refractivity contribution in [1.82, 2.24) is 20.1 Å². The number of hydrogen-bond acceptors (Lipinski definition) is 5. The third-order valence-electron chi connectivity index (χ3n) is 3.92. The molecule has 2 heterocycles. The third kappa shape index (κ3) is 4.11. The average Bonchev–Trinajstić information content (AvgIpc) is 3.23. The van der Waals surface area contributed by atoms with Crippen molar-refractivity contribution in [1.29, 1.82) is 0 Å². The number of carbonyl (C=O) groups is 1. The minimum absolute atomic E-state index is 0.0753. The number of furan rings is 1. The molecule has 1 aromatic carbocycles. The van der Waals surface area contributed by atoms with Crippen molar-refractivity contribution in [3.63, 3.8) is 0 Å². The summed E-state index contributed by atoms with van der Waals surface area (Å²) in [7, 11) is 0. The van der Waals surface area contributed by atoms with Crippen molar-refractivity contribution in [2.75, 3.05) is 5.75 Å². The molecule has 1 N–H and O–H groups in total. The Labute approximate surface area is 150 Å². The Kier molecular flexibility index (Phi) is 5.23. The number of nitrogens with zero attached hydrogens (tertiary/aromatic N) is 3. The highest BCUT2D eigenvalue weighted by Gasteiger charge is 2.14. The Bertz CT molecular complexity index is 871. The van der Waals surface area contributed by atoms with E-state index in [2.05, 4.69) is 41.5 Å². The number of thioether (sulfide) groups is 1. The fraction of sp³-hybridized carbons (Fsp3) is 0.278. The standard InChI is InChI=1S/C18H20N4O2S/c1-12-6-7-15(9-13(12)2)22-14(3)20-21-18(22)25-11-17(23)19-10-16-5-4-8-24-16/h4-9H,10-11H2,1-3H3,(H,19,23). The highest BCUT2D eigenvalue weighted by molar-refractivity contribution is 7.99. The second-order valence-electron chi connectivity index (χ2n) is 5.78. The zero-order valence-corrected chi connectivity index (χ0v) is 15.3. The Balaban J connectivity index is 1.67. The third-order valence-corrected chi connectivity index (χ3v) is 4.85. The van der Waals surface area contributed by atoms with E-state index in [4.69, 9.17) is 4.42 Å². The number of carbonyl (C=O) groups excluding carboxylic acids is 1. The van der Waals surface area contributed by atoms with E-state index in [9.17, 15) is 4.79 Å². The largest absolute Gasteiger partial charge is 0.467 e. The molecular formula is C18H20N4O2S. The number of benzene rings is 1. The van der Waals surface area contributed by atoms with Crippen LogP contribution < -0.4 is 5.32 Å². The van der Waals surface area contributed by atoms with Gasteiger partial charge in [-0.25, -0.2) is 0 Å². The van der Waals surface area contributed by atoms with Crippen LogP contribution in [-0.4, -0.2) is 26.4 Å². The number of aromatic nitrogens is 3. The topological polar surface area (TPSA) is 73.0 Å². The van der Waals surface area contributed by atoms with Gasteiger partial charge in [-0.05, 0) is 56.2 Å². The summed E-state index contributed by atoms with van der Waals surface area (Å²) in [5.41, 5.74) is 3.45. The predicted molar refractivity (Wildman–Crippen MR) is 96.8 cm³/mol. The van der Waals surface area contributed by atoms with Crippen LogP contribution in [0.4, 0.5) is 0 Å². The molecule has 7 heteroatoms. The molecule has 0 radical (unpaired) electrons. The molecule has 0 unspecified atom stereocenters. The molecule has 0 aliphatic rings. The molecule has 0 saturated heterocycles. The van der Waals surface area contributed by atoms with E-state index in [1.54, 1.807) is 12.3 Å². The lowest BCUT2D eigenvalue weighted by atomic mass is 10.1. The Morgan fingerprint density at radius 1 is 1.20 bits per heavy atom. The second kappa shape index (κ2) is 7.57. The molecular weight excluding hydrogens is 336 g/mol. The van der Waals surface area contributed by atoms with Crippen molar-refractivity contribution in [2.24, 2.45) is 0 Å². The minimum atomic E-state index is -0.0753. The lowest BCUT2D eigenvalue weighted by Crippen LogP contribution is -2.24. The van der Waals surface area contributed by atoms with Gasteiger partial charge in [0.1, 0.15) is 11.6 Å². The molecule has 0 fully saturated rings. The van der Waals surface area contributed by atoms with Crippen molar-refractivity contribution in [3.8, 4) is 5.69 Å². The van der Waals surface area contributed by atoms with E-state index in [0.717, 1.165) is 17.3 Å². The van der Waals surface area contributed by atoms with Crippen LogP contribution in [0, 0.1) is 20.8 Å². The highest BCUT2D eigenvalue weighted by Crippen LogP contribution is 2.23. The van der Waals surface area contributed by atoms with Crippen LogP contribution in [0.15, 0.2) is 46.2 Å². The molecule has 0 bridgehead atoms. The van der Waals surface area contributed by atoms with Gasteiger partial charge in [0.25, 0.3) is 0 Å². The van der Waals surface area contributed by atoms with E-state index >= 15 is 0 Å². The molecule has 6 nitrogen and oxygen atoms in total. The number of aryl methyl sites for hydroxylation is 3. The van der Waals surface area contributed by atoms with Gasteiger partial charge < -0.3 is 9.73 Å². The number of amides is 1. The summed E-state index contributed by atoms with van der Waals surface area (Å²) in [6, 6.07) is 9.85. The SMILES string of the molecule is Cc1ccc(-n2c(C)nnc2SCC(=O)NCc2ccco2)cc1C. The quantitative estimate of drug-likeness (QED) is 0.687. The van der Waals surface area contributed by atoms with Gasteiger partial charge in [0.15, 0.2) is 5.16 Å². The van der Waals surface area contributed by atoms with Crippen LogP contribution >= 0.6 is 11.8 Å². The van der Waals surface area contributed by atoms with Crippen molar-refractivity contribution >= 4 is 17.7 Å². The van der Waals surface area contributed by atoms with Gasteiger partial charge in [-0.3, -0.25) is 9.36 Å². The zero-order valence-electron chi connectivity index (χ0n) is 14.4.